The van der Waals surface area contributed by atoms with Gasteiger partial charge in [-0.15, -0.1) is 0 Å². The van der Waals surface area contributed by atoms with Gasteiger partial charge in [0, 0.05) is 16.2 Å². The molecule has 0 aromatic heterocycles. The van der Waals surface area contributed by atoms with Gasteiger partial charge in [0.1, 0.15) is 5.75 Å². The van der Waals surface area contributed by atoms with Crippen LogP contribution in [0.25, 0.3) is 0 Å². The summed E-state index contributed by atoms with van der Waals surface area (Å²) in [5.41, 5.74) is 0.620. The maximum absolute atomic E-state index is 11.4. The van der Waals surface area contributed by atoms with Crippen LogP contribution in [-0.2, 0) is 14.5 Å². The Kier molecular flexibility index (Phi) is 4.91. The molecule has 0 aliphatic heterocycles. The van der Waals surface area contributed by atoms with E-state index in [-0.39, 0.29) is 16.4 Å². The number of ether oxygens (including phenoxy) is 1. The van der Waals surface area contributed by atoms with Crippen LogP contribution in [0.5, 0.6) is 5.75 Å². The van der Waals surface area contributed by atoms with E-state index in [1.165, 1.54) is 6.07 Å². The normalized spacial score (nSPS) is 14.2. The summed E-state index contributed by atoms with van der Waals surface area (Å²) in [6.07, 6.45) is 0.971. The fourth-order valence-corrected chi connectivity index (χ4v) is 2.43. The minimum atomic E-state index is -3.72. The van der Waals surface area contributed by atoms with Gasteiger partial charge in [-0.2, -0.15) is 0 Å². The number of rotatable bonds is 4. The lowest BCUT2D eigenvalue weighted by atomic mass is 9.86. The van der Waals surface area contributed by atoms with E-state index in [0.29, 0.717) is 5.75 Å². The standard InChI is InChI=1S/C14H21ClO3S/c1-6-10(2)18-13-8-7-11(19(15,16)17)9-12(13)14(3,4)5/h7-10H,6H2,1-5H3. The van der Waals surface area contributed by atoms with Gasteiger partial charge < -0.3 is 4.74 Å². The molecule has 1 atom stereocenters. The molecule has 1 rings (SSSR count). The predicted molar refractivity (Wildman–Crippen MR) is 78.6 cm³/mol. The molecule has 0 N–H and O–H groups in total. The summed E-state index contributed by atoms with van der Waals surface area (Å²) in [4.78, 5) is 0.107. The van der Waals surface area contributed by atoms with Crippen LogP contribution in [0.3, 0.4) is 0 Å². The molecular weight excluding hydrogens is 284 g/mol. The highest BCUT2D eigenvalue weighted by Crippen LogP contribution is 2.34. The molecule has 1 unspecified atom stereocenters. The SMILES string of the molecule is CCC(C)Oc1ccc(S(=O)(=O)Cl)cc1C(C)(C)C. The molecule has 108 valence electrons. The van der Waals surface area contributed by atoms with E-state index in [0.717, 1.165) is 12.0 Å². The Morgan fingerprint density at radius 1 is 1.32 bits per heavy atom. The number of hydrogen-bond acceptors (Lipinski definition) is 3. The largest absolute Gasteiger partial charge is 0.490 e. The van der Waals surface area contributed by atoms with E-state index in [2.05, 4.69) is 0 Å². The molecule has 0 spiro atoms. The topological polar surface area (TPSA) is 43.4 Å². The molecule has 1 aromatic rings. The fraction of sp³-hybridized carbons (Fsp3) is 0.571. The molecule has 0 bridgehead atoms. The number of benzene rings is 1. The van der Waals surface area contributed by atoms with Gasteiger partial charge in [-0.25, -0.2) is 8.42 Å². The van der Waals surface area contributed by atoms with Gasteiger partial charge in [0.15, 0.2) is 0 Å². The molecule has 0 saturated heterocycles. The summed E-state index contributed by atoms with van der Waals surface area (Å²) in [6.45, 7) is 10.1. The minimum absolute atomic E-state index is 0.0829. The van der Waals surface area contributed by atoms with Crippen molar-refractivity contribution >= 4 is 19.7 Å². The average Bonchev–Trinajstić information content (AvgIpc) is 2.26. The second kappa shape index (κ2) is 5.71. The third-order valence-corrected chi connectivity index (χ3v) is 4.30. The van der Waals surface area contributed by atoms with Crippen LogP contribution in [0.4, 0.5) is 0 Å². The molecule has 0 radical (unpaired) electrons. The van der Waals surface area contributed by atoms with Crippen molar-refractivity contribution in [3.63, 3.8) is 0 Å². The van der Waals surface area contributed by atoms with Crippen LogP contribution in [0.2, 0.25) is 0 Å². The van der Waals surface area contributed by atoms with Crippen LogP contribution in [0.1, 0.15) is 46.6 Å². The number of hydrogen-bond donors (Lipinski definition) is 0. The first kappa shape index (κ1) is 16.3. The zero-order valence-electron chi connectivity index (χ0n) is 12.0. The molecule has 0 aliphatic carbocycles. The first-order chi connectivity index (χ1) is 8.55. The summed E-state index contributed by atoms with van der Waals surface area (Å²) in [5, 5.41) is 0. The van der Waals surface area contributed by atoms with Crippen molar-refractivity contribution in [2.24, 2.45) is 0 Å². The van der Waals surface area contributed by atoms with Gasteiger partial charge in [0.2, 0.25) is 0 Å². The second-order valence-corrected chi connectivity index (χ2v) is 8.25. The van der Waals surface area contributed by atoms with E-state index in [1.54, 1.807) is 12.1 Å². The molecule has 3 nitrogen and oxygen atoms in total. The Morgan fingerprint density at radius 3 is 2.32 bits per heavy atom. The highest BCUT2D eigenvalue weighted by molar-refractivity contribution is 8.13. The zero-order valence-corrected chi connectivity index (χ0v) is 13.6. The van der Waals surface area contributed by atoms with Crippen LogP contribution in [0, 0.1) is 0 Å². The van der Waals surface area contributed by atoms with Crippen molar-refractivity contribution in [1.29, 1.82) is 0 Å². The molecule has 0 aliphatic rings. The van der Waals surface area contributed by atoms with Crippen molar-refractivity contribution in [1.82, 2.24) is 0 Å². The summed E-state index contributed by atoms with van der Waals surface area (Å²) in [6, 6.07) is 4.76. The molecule has 19 heavy (non-hydrogen) atoms. The van der Waals surface area contributed by atoms with Gasteiger partial charge in [-0.05, 0) is 37.0 Å². The molecule has 5 heteroatoms. The Hall–Kier alpha value is -0.740. The van der Waals surface area contributed by atoms with Crippen LogP contribution < -0.4 is 4.74 Å². The van der Waals surface area contributed by atoms with Crippen molar-refractivity contribution in [2.75, 3.05) is 0 Å². The van der Waals surface area contributed by atoms with Crippen LogP contribution in [0.15, 0.2) is 23.1 Å². The molecule has 0 amide bonds. The van der Waals surface area contributed by atoms with Crippen molar-refractivity contribution in [2.45, 2.75) is 57.5 Å². The highest BCUT2D eigenvalue weighted by atomic mass is 35.7. The Balaban J connectivity index is 3.34. The van der Waals surface area contributed by atoms with Crippen molar-refractivity contribution in [3.8, 4) is 5.75 Å². The number of halogens is 1. The van der Waals surface area contributed by atoms with E-state index in [1.807, 2.05) is 34.6 Å². The molecule has 1 aromatic carbocycles. The Bertz CT molecular complexity index is 544. The average molecular weight is 305 g/mol. The first-order valence-electron chi connectivity index (χ1n) is 6.31. The predicted octanol–water partition coefficient (Wildman–Crippen LogP) is 4.09. The van der Waals surface area contributed by atoms with E-state index < -0.39 is 9.05 Å². The van der Waals surface area contributed by atoms with Gasteiger partial charge in [-0.1, -0.05) is 27.7 Å². The summed E-state index contributed by atoms with van der Waals surface area (Å²) >= 11 is 0. The van der Waals surface area contributed by atoms with E-state index >= 15 is 0 Å². The highest BCUT2D eigenvalue weighted by Gasteiger charge is 2.23. The lowest BCUT2D eigenvalue weighted by Gasteiger charge is -2.25. The van der Waals surface area contributed by atoms with Gasteiger partial charge >= 0.3 is 0 Å². The van der Waals surface area contributed by atoms with Crippen LogP contribution in [-0.4, -0.2) is 14.5 Å². The molecular formula is C14H21ClO3S. The lowest BCUT2D eigenvalue weighted by molar-refractivity contribution is 0.212. The van der Waals surface area contributed by atoms with Crippen molar-refractivity contribution < 1.29 is 13.2 Å². The summed E-state index contributed by atoms with van der Waals surface area (Å²) < 4.78 is 28.7. The second-order valence-electron chi connectivity index (χ2n) is 5.68. The van der Waals surface area contributed by atoms with Crippen molar-refractivity contribution in [3.05, 3.63) is 23.8 Å². The first-order valence-corrected chi connectivity index (χ1v) is 8.62. The maximum Gasteiger partial charge on any atom is 0.261 e. The fourth-order valence-electron chi connectivity index (χ4n) is 1.65. The Labute approximate surface area is 120 Å². The molecule has 0 saturated carbocycles. The Morgan fingerprint density at radius 2 is 1.89 bits per heavy atom. The smallest absolute Gasteiger partial charge is 0.261 e. The van der Waals surface area contributed by atoms with Gasteiger partial charge in [-0.3, -0.25) is 0 Å². The third kappa shape index (κ3) is 4.39. The van der Waals surface area contributed by atoms with Gasteiger partial charge in [0.05, 0.1) is 11.0 Å². The quantitative estimate of drug-likeness (QED) is 0.787. The molecule has 0 fully saturated rings. The van der Waals surface area contributed by atoms with Crippen LogP contribution >= 0.6 is 10.7 Å². The lowest BCUT2D eigenvalue weighted by Crippen LogP contribution is -2.17. The monoisotopic (exact) mass is 304 g/mol. The van der Waals surface area contributed by atoms with E-state index in [9.17, 15) is 8.42 Å². The summed E-state index contributed by atoms with van der Waals surface area (Å²) in [7, 11) is 1.68. The van der Waals surface area contributed by atoms with E-state index in [4.69, 9.17) is 15.4 Å². The minimum Gasteiger partial charge on any atom is -0.490 e. The maximum atomic E-state index is 11.4. The van der Waals surface area contributed by atoms with Gasteiger partial charge in [0.25, 0.3) is 9.05 Å². The zero-order chi connectivity index (χ0) is 14.8. The summed E-state index contributed by atoms with van der Waals surface area (Å²) in [5.74, 6) is 0.714. The third-order valence-electron chi connectivity index (χ3n) is 2.94. The molecule has 0 heterocycles.